The Morgan fingerprint density at radius 1 is 0.882 bits per heavy atom. The van der Waals surface area contributed by atoms with Crippen molar-refractivity contribution in [1.82, 2.24) is 14.4 Å². The van der Waals surface area contributed by atoms with Crippen LogP contribution in [0.1, 0.15) is 21.6 Å². The number of halogens is 2. The van der Waals surface area contributed by atoms with Gasteiger partial charge in [0.05, 0.1) is 23.0 Å². The van der Waals surface area contributed by atoms with Crippen molar-refractivity contribution in [1.29, 1.82) is 0 Å². The van der Waals surface area contributed by atoms with E-state index in [1.165, 1.54) is 12.1 Å². The monoisotopic (exact) mass is 454 g/mol. The number of benzene rings is 2. The van der Waals surface area contributed by atoms with Gasteiger partial charge >= 0.3 is 0 Å². The number of amides is 1. The molecule has 168 valence electrons. The summed E-state index contributed by atoms with van der Waals surface area (Å²) in [7, 11) is 0. The summed E-state index contributed by atoms with van der Waals surface area (Å²) in [6.45, 7) is 3.76. The molecule has 0 unspecified atom stereocenters. The van der Waals surface area contributed by atoms with Gasteiger partial charge in [0, 0.05) is 40.8 Å². The van der Waals surface area contributed by atoms with Crippen LogP contribution >= 0.6 is 0 Å². The number of nitrogens with one attached hydrogen (secondary N) is 1. The highest BCUT2D eigenvalue weighted by molar-refractivity contribution is 6.05. The van der Waals surface area contributed by atoms with Gasteiger partial charge in [-0.15, -0.1) is 0 Å². The summed E-state index contributed by atoms with van der Waals surface area (Å²) in [6, 6.07) is 16.4. The molecule has 0 spiro atoms. The fourth-order valence-corrected chi connectivity index (χ4v) is 3.91. The van der Waals surface area contributed by atoms with Crippen molar-refractivity contribution >= 4 is 17.1 Å². The Morgan fingerprint density at radius 2 is 1.62 bits per heavy atom. The summed E-state index contributed by atoms with van der Waals surface area (Å²) in [5.41, 5.74) is 5.42. The third kappa shape index (κ3) is 4.03. The highest BCUT2D eigenvalue weighted by atomic mass is 19.1. The third-order valence-electron chi connectivity index (χ3n) is 5.64. The Bertz CT molecular complexity index is 1520. The molecule has 0 aliphatic heterocycles. The molecule has 7 heteroatoms. The van der Waals surface area contributed by atoms with Gasteiger partial charge in [-0.05, 0) is 50.2 Å². The fourth-order valence-electron chi connectivity index (χ4n) is 3.91. The van der Waals surface area contributed by atoms with Gasteiger partial charge in [0.1, 0.15) is 17.5 Å². The summed E-state index contributed by atoms with van der Waals surface area (Å²) >= 11 is 0. The Labute approximate surface area is 194 Å². The number of aryl methyl sites for hydroxylation is 2. The van der Waals surface area contributed by atoms with Gasteiger partial charge in [-0.3, -0.25) is 14.2 Å². The Balaban J connectivity index is 1.55. The number of rotatable bonds is 4. The minimum absolute atomic E-state index is 0.257. The lowest BCUT2D eigenvalue weighted by Gasteiger charge is -2.11. The van der Waals surface area contributed by atoms with Crippen LogP contribution in [0.15, 0.2) is 79.3 Å². The normalized spacial score (nSPS) is 11.1. The first-order valence-electron chi connectivity index (χ1n) is 10.7. The van der Waals surface area contributed by atoms with Gasteiger partial charge in [-0.25, -0.2) is 13.8 Å². The van der Waals surface area contributed by atoms with Crippen LogP contribution in [0.3, 0.4) is 0 Å². The summed E-state index contributed by atoms with van der Waals surface area (Å²) in [5, 5.41) is 2.91. The van der Waals surface area contributed by atoms with E-state index in [4.69, 9.17) is 0 Å². The number of aromatic nitrogens is 3. The van der Waals surface area contributed by atoms with Crippen LogP contribution < -0.4 is 5.32 Å². The number of carbonyl (C=O) groups excluding carboxylic acids is 1. The minimum atomic E-state index is -0.671. The number of nitrogens with zero attached hydrogens (tertiary/aromatic N) is 3. The standard InChI is InChI=1S/C27H20F2N4O/c1-16-5-7-22(8-6-16)32-27(34)24-12-19(14-30-17(24)2)23-4-3-9-33-25(23)15-31-26(33)18-10-20(28)13-21(29)11-18/h3-15H,1-2H3,(H,32,34). The highest BCUT2D eigenvalue weighted by Gasteiger charge is 2.16. The molecule has 0 aliphatic carbocycles. The first-order valence-corrected chi connectivity index (χ1v) is 10.7. The second-order valence-corrected chi connectivity index (χ2v) is 8.09. The molecule has 3 heterocycles. The molecule has 0 aliphatic rings. The number of carbonyl (C=O) groups is 1. The lowest BCUT2D eigenvalue weighted by molar-refractivity contribution is 0.102. The molecule has 0 atom stereocenters. The van der Waals surface area contributed by atoms with Crippen LogP contribution in [0.25, 0.3) is 28.0 Å². The summed E-state index contributed by atoms with van der Waals surface area (Å²) in [4.78, 5) is 21.8. The van der Waals surface area contributed by atoms with E-state index >= 15 is 0 Å². The molecule has 3 aromatic heterocycles. The summed E-state index contributed by atoms with van der Waals surface area (Å²) < 4.78 is 29.3. The number of pyridine rings is 2. The zero-order chi connectivity index (χ0) is 23.8. The molecule has 1 N–H and O–H groups in total. The molecular weight excluding hydrogens is 434 g/mol. The van der Waals surface area contributed by atoms with E-state index in [0.717, 1.165) is 28.3 Å². The maximum absolute atomic E-state index is 13.8. The SMILES string of the molecule is Cc1ccc(NC(=O)c2cc(-c3cccn4c(-c5cc(F)cc(F)c5)ncc34)cnc2C)cc1. The Morgan fingerprint density at radius 3 is 2.35 bits per heavy atom. The zero-order valence-electron chi connectivity index (χ0n) is 18.5. The lowest BCUT2D eigenvalue weighted by Crippen LogP contribution is -2.14. The lowest BCUT2D eigenvalue weighted by atomic mass is 10.0. The van der Waals surface area contributed by atoms with E-state index < -0.39 is 11.6 Å². The van der Waals surface area contributed by atoms with Crippen LogP contribution in [-0.4, -0.2) is 20.3 Å². The summed E-state index contributed by atoms with van der Waals surface area (Å²) in [6.07, 6.45) is 5.11. The predicted molar refractivity (Wildman–Crippen MR) is 128 cm³/mol. The van der Waals surface area contributed by atoms with Crippen molar-refractivity contribution in [2.75, 3.05) is 5.32 Å². The largest absolute Gasteiger partial charge is 0.322 e. The maximum Gasteiger partial charge on any atom is 0.257 e. The van der Waals surface area contributed by atoms with Gasteiger partial charge in [-0.1, -0.05) is 23.8 Å². The van der Waals surface area contributed by atoms with E-state index in [-0.39, 0.29) is 5.91 Å². The van der Waals surface area contributed by atoms with E-state index in [2.05, 4.69) is 15.3 Å². The molecule has 1 amide bonds. The van der Waals surface area contributed by atoms with Gasteiger partial charge in [0.2, 0.25) is 0 Å². The van der Waals surface area contributed by atoms with E-state index in [9.17, 15) is 13.6 Å². The number of hydrogen-bond acceptors (Lipinski definition) is 3. The number of anilines is 1. The molecule has 34 heavy (non-hydrogen) atoms. The van der Waals surface area contributed by atoms with Crippen molar-refractivity contribution in [2.45, 2.75) is 13.8 Å². The first-order chi connectivity index (χ1) is 16.4. The molecule has 0 bridgehead atoms. The van der Waals surface area contributed by atoms with Crippen LogP contribution in [0.4, 0.5) is 14.5 Å². The number of imidazole rings is 1. The molecule has 0 saturated heterocycles. The molecule has 5 rings (SSSR count). The second-order valence-electron chi connectivity index (χ2n) is 8.09. The fraction of sp³-hybridized carbons (Fsp3) is 0.0741. The van der Waals surface area contributed by atoms with Crippen LogP contribution in [0.2, 0.25) is 0 Å². The van der Waals surface area contributed by atoms with Crippen molar-refractivity contribution in [3.63, 3.8) is 0 Å². The molecular formula is C27H20F2N4O. The molecule has 0 saturated carbocycles. The molecule has 5 aromatic rings. The third-order valence-corrected chi connectivity index (χ3v) is 5.64. The number of hydrogen-bond donors (Lipinski definition) is 1. The molecule has 0 radical (unpaired) electrons. The quantitative estimate of drug-likeness (QED) is 0.351. The van der Waals surface area contributed by atoms with E-state index in [0.29, 0.717) is 28.3 Å². The zero-order valence-corrected chi connectivity index (χ0v) is 18.5. The average molecular weight is 454 g/mol. The highest BCUT2D eigenvalue weighted by Crippen LogP contribution is 2.30. The molecule has 5 nitrogen and oxygen atoms in total. The van der Waals surface area contributed by atoms with Crippen LogP contribution in [0, 0.1) is 25.5 Å². The Hall–Kier alpha value is -4.39. The van der Waals surface area contributed by atoms with Crippen molar-refractivity contribution in [3.05, 3.63) is 108 Å². The smallest absolute Gasteiger partial charge is 0.257 e. The average Bonchev–Trinajstić information content (AvgIpc) is 3.25. The molecule has 2 aromatic carbocycles. The Kier molecular flexibility index (Phi) is 5.37. The first kappa shape index (κ1) is 21.5. The topological polar surface area (TPSA) is 59.3 Å². The second kappa shape index (κ2) is 8.51. The van der Waals surface area contributed by atoms with E-state index in [1.54, 1.807) is 36.0 Å². The van der Waals surface area contributed by atoms with Gasteiger partial charge in [-0.2, -0.15) is 0 Å². The van der Waals surface area contributed by atoms with Crippen LogP contribution in [0.5, 0.6) is 0 Å². The van der Waals surface area contributed by atoms with Gasteiger partial charge < -0.3 is 5.32 Å². The minimum Gasteiger partial charge on any atom is -0.322 e. The van der Waals surface area contributed by atoms with Gasteiger partial charge in [0.25, 0.3) is 5.91 Å². The van der Waals surface area contributed by atoms with Crippen molar-refractivity contribution in [3.8, 4) is 22.5 Å². The van der Waals surface area contributed by atoms with Crippen molar-refractivity contribution < 1.29 is 13.6 Å². The van der Waals surface area contributed by atoms with Gasteiger partial charge in [0.15, 0.2) is 0 Å². The predicted octanol–water partition coefficient (Wildman–Crippen LogP) is 6.21. The maximum atomic E-state index is 13.8. The summed E-state index contributed by atoms with van der Waals surface area (Å²) in [5.74, 6) is -1.19. The van der Waals surface area contributed by atoms with Crippen LogP contribution in [-0.2, 0) is 0 Å². The molecule has 0 fully saturated rings. The number of fused-ring (bicyclic) bond motifs is 1. The van der Waals surface area contributed by atoms with E-state index in [1.807, 2.05) is 43.3 Å². The van der Waals surface area contributed by atoms with Crippen molar-refractivity contribution in [2.24, 2.45) is 0 Å².